The lowest BCUT2D eigenvalue weighted by Crippen LogP contribution is -2.36. The number of nitrogens with zero attached hydrogens (tertiary/aromatic N) is 1. The molecule has 0 saturated carbocycles. The summed E-state index contributed by atoms with van der Waals surface area (Å²) in [7, 11) is 1.31. The van der Waals surface area contributed by atoms with E-state index in [1.165, 1.54) is 12.0 Å². The van der Waals surface area contributed by atoms with Gasteiger partial charge in [0.15, 0.2) is 0 Å². The highest BCUT2D eigenvalue weighted by Crippen LogP contribution is 2.17. The molecule has 4 nitrogen and oxygen atoms in total. The van der Waals surface area contributed by atoms with Crippen molar-refractivity contribution in [2.75, 3.05) is 20.2 Å². The minimum atomic E-state index is -0.417. The third-order valence-electron chi connectivity index (χ3n) is 2.64. The number of methoxy groups -OCH3 is 1. The lowest BCUT2D eigenvalue weighted by molar-refractivity contribution is -0.141. The molecule has 0 fully saturated rings. The van der Waals surface area contributed by atoms with E-state index in [2.05, 4.69) is 20.7 Å². The number of aryl methyl sites for hydroxylation is 1. The van der Waals surface area contributed by atoms with Gasteiger partial charge in [-0.15, -0.1) is 0 Å². The Morgan fingerprint density at radius 1 is 1.39 bits per heavy atom. The van der Waals surface area contributed by atoms with Crippen molar-refractivity contribution >= 4 is 27.8 Å². The Balaban J connectivity index is 2.93. The molecule has 0 unspecified atom stereocenters. The number of carbonyl (C=O) groups excluding carboxylic acids is 2. The maximum absolute atomic E-state index is 12.3. The van der Waals surface area contributed by atoms with Crippen LogP contribution in [0, 0.1) is 6.92 Å². The summed E-state index contributed by atoms with van der Waals surface area (Å²) in [5.41, 5.74) is 1.47. The summed E-state index contributed by atoms with van der Waals surface area (Å²) in [4.78, 5) is 25.0. The number of likely N-dealkylation sites (N-methyl/N-ethyl adjacent to an activating group) is 1. The van der Waals surface area contributed by atoms with Crippen molar-refractivity contribution in [3.63, 3.8) is 0 Å². The predicted molar refractivity (Wildman–Crippen MR) is 72.5 cm³/mol. The Kier molecular flexibility index (Phi) is 5.34. The predicted octanol–water partition coefficient (Wildman–Crippen LogP) is 2.39. The van der Waals surface area contributed by atoms with Crippen LogP contribution in [0.15, 0.2) is 22.7 Å². The molecule has 0 aliphatic carbocycles. The number of esters is 1. The van der Waals surface area contributed by atoms with Crippen LogP contribution in [0.2, 0.25) is 0 Å². The van der Waals surface area contributed by atoms with Crippen molar-refractivity contribution in [3.05, 3.63) is 33.8 Å². The second kappa shape index (κ2) is 6.54. The summed E-state index contributed by atoms with van der Waals surface area (Å²) in [5, 5.41) is 0. The monoisotopic (exact) mass is 313 g/mol. The van der Waals surface area contributed by atoms with E-state index >= 15 is 0 Å². The molecule has 0 saturated heterocycles. The van der Waals surface area contributed by atoms with Crippen molar-refractivity contribution in [2.24, 2.45) is 0 Å². The number of rotatable bonds is 4. The van der Waals surface area contributed by atoms with E-state index in [1.807, 2.05) is 26.0 Å². The van der Waals surface area contributed by atoms with Crippen LogP contribution in [0.3, 0.4) is 0 Å². The van der Waals surface area contributed by atoms with E-state index in [9.17, 15) is 9.59 Å². The highest BCUT2D eigenvalue weighted by molar-refractivity contribution is 9.10. The van der Waals surface area contributed by atoms with Crippen LogP contribution in [0.4, 0.5) is 0 Å². The van der Waals surface area contributed by atoms with Gasteiger partial charge in [0.05, 0.1) is 7.11 Å². The molecule has 0 aliphatic rings. The van der Waals surface area contributed by atoms with Gasteiger partial charge in [0.1, 0.15) is 6.54 Å². The Bertz CT molecular complexity index is 460. The smallest absolute Gasteiger partial charge is 0.325 e. The molecule has 18 heavy (non-hydrogen) atoms. The third kappa shape index (κ3) is 3.57. The molecule has 98 valence electrons. The fourth-order valence-corrected chi connectivity index (χ4v) is 2.06. The van der Waals surface area contributed by atoms with Crippen LogP contribution in [0.1, 0.15) is 22.8 Å². The molecule has 0 bridgehead atoms. The SMILES string of the molecule is CCN(CC(=O)OC)C(=O)c1ccc(Br)cc1C. The summed E-state index contributed by atoms with van der Waals surface area (Å²) >= 11 is 3.35. The first-order valence-electron chi connectivity index (χ1n) is 5.61. The Morgan fingerprint density at radius 2 is 2.06 bits per heavy atom. The lowest BCUT2D eigenvalue weighted by atomic mass is 10.1. The molecular weight excluding hydrogens is 298 g/mol. The molecule has 1 amide bonds. The topological polar surface area (TPSA) is 46.6 Å². The quantitative estimate of drug-likeness (QED) is 0.802. The molecule has 0 aromatic heterocycles. The van der Waals surface area contributed by atoms with E-state index in [4.69, 9.17) is 0 Å². The van der Waals surface area contributed by atoms with Crippen LogP contribution in [0.5, 0.6) is 0 Å². The van der Waals surface area contributed by atoms with Gasteiger partial charge in [-0.25, -0.2) is 0 Å². The number of amides is 1. The van der Waals surface area contributed by atoms with E-state index < -0.39 is 5.97 Å². The molecular formula is C13H16BrNO3. The highest BCUT2D eigenvalue weighted by atomic mass is 79.9. The maximum atomic E-state index is 12.3. The van der Waals surface area contributed by atoms with Gasteiger partial charge >= 0.3 is 5.97 Å². The van der Waals surface area contributed by atoms with Gasteiger partial charge in [-0.05, 0) is 37.6 Å². The average molecular weight is 314 g/mol. The van der Waals surface area contributed by atoms with Crippen molar-refractivity contribution in [1.82, 2.24) is 4.90 Å². The van der Waals surface area contributed by atoms with Gasteiger partial charge in [-0.3, -0.25) is 9.59 Å². The van der Waals surface area contributed by atoms with Gasteiger partial charge in [0, 0.05) is 16.6 Å². The van der Waals surface area contributed by atoms with Gasteiger partial charge in [-0.2, -0.15) is 0 Å². The van der Waals surface area contributed by atoms with E-state index in [-0.39, 0.29) is 12.5 Å². The number of hydrogen-bond acceptors (Lipinski definition) is 3. The summed E-state index contributed by atoms with van der Waals surface area (Å²) < 4.78 is 5.50. The first-order valence-corrected chi connectivity index (χ1v) is 6.41. The van der Waals surface area contributed by atoms with Crippen molar-refractivity contribution in [1.29, 1.82) is 0 Å². The van der Waals surface area contributed by atoms with Crippen LogP contribution in [-0.2, 0) is 9.53 Å². The van der Waals surface area contributed by atoms with E-state index in [1.54, 1.807) is 6.07 Å². The van der Waals surface area contributed by atoms with Crippen molar-refractivity contribution in [2.45, 2.75) is 13.8 Å². The molecule has 0 N–H and O–H groups in total. The molecule has 0 spiro atoms. The van der Waals surface area contributed by atoms with Crippen LogP contribution >= 0.6 is 15.9 Å². The minimum Gasteiger partial charge on any atom is -0.468 e. The van der Waals surface area contributed by atoms with Crippen LogP contribution < -0.4 is 0 Å². The van der Waals surface area contributed by atoms with Crippen LogP contribution in [-0.4, -0.2) is 37.0 Å². The lowest BCUT2D eigenvalue weighted by Gasteiger charge is -2.20. The normalized spacial score (nSPS) is 10.0. The summed E-state index contributed by atoms with van der Waals surface area (Å²) in [6.07, 6.45) is 0. The molecule has 1 rings (SSSR count). The minimum absolute atomic E-state index is 0.0265. The zero-order valence-electron chi connectivity index (χ0n) is 10.7. The largest absolute Gasteiger partial charge is 0.468 e. The van der Waals surface area contributed by atoms with Crippen molar-refractivity contribution < 1.29 is 14.3 Å². The first-order chi connectivity index (χ1) is 8.49. The number of ether oxygens (including phenoxy) is 1. The highest BCUT2D eigenvalue weighted by Gasteiger charge is 2.19. The molecule has 0 atom stereocenters. The summed E-state index contributed by atoms with van der Waals surface area (Å²) in [6, 6.07) is 5.44. The molecule has 5 heteroatoms. The zero-order chi connectivity index (χ0) is 13.7. The summed E-state index contributed by atoms with van der Waals surface area (Å²) in [6.45, 7) is 4.13. The number of carbonyl (C=O) groups is 2. The fourth-order valence-electron chi connectivity index (χ4n) is 1.58. The maximum Gasteiger partial charge on any atom is 0.325 e. The standard InChI is InChI=1S/C13H16BrNO3/c1-4-15(8-12(16)18-3)13(17)11-6-5-10(14)7-9(11)2/h5-7H,4,8H2,1-3H3. The average Bonchev–Trinajstić information content (AvgIpc) is 2.34. The second-order valence-corrected chi connectivity index (χ2v) is 4.77. The second-order valence-electron chi connectivity index (χ2n) is 3.85. The van der Waals surface area contributed by atoms with Gasteiger partial charge in [-0.1, -0.05) is 15.9 Å². The Hall–Kier alpha value is -1.36. The first kappa shape index (κ1) is 14.7. The van der Waals surface area contributed by atoms with Gasteiger partial charge in [0.2, 0.25) is 0 Å². The fraction of sp³-hybridized carbons (Fsp3) is 0.385. The Labute approximate surface area is 115 Å². The molecule has 0 heterocycles. The Morgan fingerprint density at radius 3 is 2.56 bits per heavy atom. The third-order valence-corrected chi connectivity index (χ3v) is 3.13. The molecule has 1 aromatic rings. The molecule has 1 aromatic carbocycles. The number of hydrogen-bond donors (Lipinski definition) is 0. The van der Waals surface area contributed by atoms with Gasteiger partial charge < -0.3 is 9.64 Å². The summed E-state index contributed by atoms with van der Waals surface area (Å²) in [5.74, 6) is -0.576. The molecule has 0 radical (unpaired) electrons. The van der Waals surface area contributed by atoms with E-state index in [0.29, 0.717) is 12.1 Å². The van der Waals surface area contributed by atoms with Gasteiger partial charge in [0.25, 0.3) is 5.91 Å². The number of benzene rings is 1. The zero-order valence-corrected chi connectivity index (χ0v) is 12.3. The van der Waals surface area contributed by atoms with E-state index in [0.717, 1.165) is 10.0 Å². The molecule has 0 aliphatic heterocycles. The van der Waals surface area contributed by atoms with Crippen molar-refractivity contribution in [3.8, 4) is 0 Å². The number of halogens is 1. The van der Waals surface area contributed by atoms with Crippen LogP contribution in [0.25, 0.3) is 0 Å².